The van der Waals surface area contributed by atoms with Gasteiger partial charge in [-0.1, -0.05) is 6.92 Å². The SMILES string of the molecule is CCC(C)NC(=O)CCN(c1ccc(F)c(F)c1F)S(C)(=O)=O. The van der Waals surface area contributed by atoms with Crippen LogP contribution in [0.2, 0.25) is 0 Å². The Bertz CT molecular complexity index is 680. The van der Waals surface area contributed by atoms with Crippen molar-refractivity contribution in [3.05, 3.63) is 29.6 Å². The molecule has 0 radical (unpaired) electrons. The summed E-state index contributed by atoms with van der Waals surface area (Å²) in [6.45, 7) is 3.26. The number of nitrogens with one attached hydrogen (secondary N) is 1. The van der Waals surface area contributed by atoms with Crippen molar-refractivity contribution in [2.75, 3.05) is 17.1 Å². The molecule has 0 spiro atoms. The Balaban J connectivity index is 3.00. The number of rotatable bonds is 7. The second kappa shape index (κ2) is 7.67. The number of hydrogen-bond donors (Lipinski definition) is 1. The van der Waals surface area contributed by atoms with Crippen molar-refractivity contribution in [1.82, 2.24) is 5.32 Å². The van der Waals surface area contributed by atoms with Gasteiger partial charge in [0.05, 0.1) is 11.9 Å². The molecule has 23 heavy (non-hydrogen) atoms. The van der Waals surface area contributed by atoms with E-state index in [4.69, 9.17) is 0 Å². The van der Waals surface area contributed by atoms with Gasteiger partial charge in [-0.3, -0.25) is 9.10 Å². The van der Waals surface area contributed by atoms with Gasteiger partial charge in [0.15, 0.2) is 17.5 Å². The van der Waals surface area contributed by atoms with Gasteiger partial charge in [0.1, 0.15) is 0 Å². The van der Waals surface area contributed by atoms with Crippen LogP contribution in [0.1, 0.15) is 26.7 Å². The van der Waals surface area contributed by atoms with Crippen molar-refractivity contribution in [2.24, 2.45) is 0 Å². The largest absolute Gasteiger partial charge is 0.354 e. The standard InChI is InChI=1S/C14H19F3N2O3S/c1-4-9(2)18-12(20)7-8-19(23(3,21)22)11-6-5-10(15)13(16)14(11)17/h5-6,9H,4,7-8H2,1-3H3,(H,18,20). The van der Waals surface area contributed by atoms with Crippen LogP contribution in [0, 0.1) is 17.5 Å². The Morgan fingerprint density at radius 2 is 1.87 bits per heavy atom. The van der Waals surface area contributed by atoms with Gasteiger partial charge in [0.25, 0.3) is 0 Å². The van der Waals surface area contributed by atoms with E-state index < -0.39 is 39.1 Å². The summed E-state index contributed by atoms with van der Waals surface area (Å²) in [5.41, 5.74) is -0.636. The van der Waals surface area contributed by atoms with E-state index in [0.29, 0.717) is 16.8 Å². The fourth-order valence-corrected chi connectivity index (χ4v) is 2.75. The van der Waals surface area contributed by atoms with E-state index in [1.807, 2.05) is 6.92 Å². The van der Waals surface area contributed by atoms with E-state index in [0.717, 1.165) is 12.3 Å². The molecule has 1 unspecified atom stereocenters. The average Bonchev–Trinajstić information content (AvgIpc) is 2.45. The first-order valence-electron chi connectivity index (χ1n) is 6.98. The monoisotopic (exact) mass is 352 g/mol. The van der Waals surface area contributed by atoms with Crippen molar-refractivity contribution in [3.63, 3.8) is 0 Å². The van der Waals surface area contributed by atoms with E-state index in [2.05, 4.69) is 5.32 Å². The fourth-order valence-electron chi connectivity index (χ4n) is 1.83. The summed E-state index contributed by atoms with van der Waals surface area (Å²) >= 11 is 0. The second-order valence-corrected chi connectivity index (χ2v) is 7.06. The first kappa shape index (κ1) is 19.3. The number of benzene rings is 1. The molecule has 0 saturated heterocycles. The number of carbonyl (C=O) groups is 1. The van der Waals surface area contributed by atoms with E-state index in [1.165, 1.54) is 0 Å². The van der Waals surface area contributed by atoms with Crippen LogP contribution in [-0.4, -0.2) is 33.2 Å². The minimum absolute atomic E-state index is 0.0887. The smallest absolute Gasteiger partial charge is 0.232 e. The zero-order chi connectivity index (χ0) is 17.8. The van der Waals surface area contributed by atoms with Gasteiger partial charge >= 0.3 is 0 Å². The number of carbonyl (C=O) groups excluding carboxylic acids is 1. The van der Waals surface area contributed by atoms with Gasteiger partial charge in [-0.05, 0) is 25.5 Å². The quantitative estimate of drug-likeness (QED) is 0.765. The van der Waals surface area contributed by atoms with Crippen molar-refractivity contribution >= 4 is 21.6 Å². The topological polar surface area (TPSA) is 66.5 Å². The molecule has 5 nitrogen and oxygen atoms in total. The van der Waals surface area contributed by atoms with Gasteiger partial charge in [0.2, 0.25) is 15.9 Å². The summed E-state index contributed by atoms with van der Waals surface area (Å²) in [7, 11) is -3.98. The molecule has 1 atom stereocenters. The molecule has 1 rings (SSSR count). The summed E-state index contributed by atoms with van der Waals surface area (Å²) in [6.07, 6.45) is 1.25. The van der Waals surface area contributed by atoms with Crippen molar-refractivity contribution < 1.29 is 26.4 Å². The summed E-state index contributed by atoms with van der Waals surface area (Å²) < 4.78 is 64.2. The number of halogens is 3. The summed E-state index contributed by atoms with van der Waals surface area (Å²) in [5, 5.41) is 2.63. The Morgan fingerprint density at radius 1 is 1.26 bits per heavy atom. The van der Waals surface area contributed by atoms with Gasteiger partial charge in [0, 0.05) is 19.0 Å². The van der Waals surface area contributed by atoms with Gasteiger partial charge in [-0.25, -0.2) is 21.6 Å². The lowest BCUT2D eigenvalue weighted by Gasteiger charge is -2.23. The Kier molecular flexibility index (Phi) is 6.43. The average molecular weight is 352 g/mol. The first-order valence-corrected chi connectivity index (χ1v) is 8.83. The maximum atomic E-state index is 13.8. The molecule has 0 aliphatic carbocycles. The number of sulfonamides is 1. The molecule has 1 aromatic carbocycles. The molecular formula is C14H19F3N2O3S. The molecular weight excluding hydrogens is 333 g/mol. The van der Waals surface area contributed by atoms with E-state index in [1.54, 1.807) is 6.92 Å². The van der Waals surface area contributed by atoms with E-state index in [9.17, 15) is 26.4 Å². The third-order valence-corrected chi connectivity index (χ3v) is 4.43. The van der Waals surface area contributed by atoms with Crippen LogP contribution in [0.25, 0.3) is 0 Å². The molecule has 0 saturated carbocycles. The fraction of sp³-hybridized carbons (Fsp3) is 0.500. The molecule has 1 aromatic rings. The Morgan fingerprint density at radius 3 is 2.39 bits per heavy atom. The number of anilines is 1. The highest BCUT2D eigenvalue weighted by Gasteiger charge is 2.25. The van der Waals surface area contributed by atoms with E-state index in [-0.39, 0.29) is 19.0 Å². The molecule has 130 valence electrons. The molecule has 0 heterocycles. The van der Waals surface area contributed by atoms with Gasteiger partial charge < -0.3 is 5.32 Å². The Hall–Kier alpha value is -1.77. The van der Waals surface area contributed by atoms with Crippen LogP contribution >= 0.6 is 0 Å². The van der Waals surface area contributed by atoms with Crippen LogP contribution in [0.4, 0.5) is 18.9 Å². The maximum absolute atomic E-state index is 13.8. The highest BCUT2D eigenvalue weighted by Crippen LogP contribution is 2.25. The van der Waals surface area contributed by atoms with Crippen LogP contribution in [0.15, 0.2) is 12.1 Å². The predicted molar refractivity (Wildman–Crippen MR) is 81.0 cm³/mol. The summed E-state index contributed by atoms with van der Waals surface area (Å²) in [6, 6.07) is 1.36. The third-order valence-electron chi connectivity index (χ3n) is 3.25. The zero-order valence-corrected chi connectivity index (χ0v) is 13.9. The van der Waals surface area contributed by atoms with Crippen molar-refractivity contribution in [2.45, 2.75) is 32.7 Å². The second-order valence-electron chi connectivity index (χ2n) is 5.16. The number of nitrogens with zero attached hydrogens (tertiary/aromatic N) is 1. The highest BCUT2D eigenvalue weighted by molar-refractivity contribution is 7.92. The first-order chi connectivity index (χ1) is 10.6. The normalized spacial score (nSPS) is 12.8. The van der Waals surface area contributed by atoms with Crippen molar-refractivity contribution in [1.29, 1.82) is 0 Å². The molecule has 0 aliphatic heterocycles. The predicted octanol–water partition coefficient (Wildman–Crippen LogP) is 2.17. The zero-order valence-electron chi connectivity index (χ0n) is 13.1. The molecule has 0 bridgehead atoms. The Labute approximate surface area is 133 Å². The molecule has 0 fully saturated rings. The maximum Gasteiger partial charge on any atom is 0.232 e. The minimum Gasteiger partial charge on any atom is -0.354 e. The molecule has 9 heteroatoms. The molecule has 0 aromatic heterocycles. The summed E-state index contributed by atoms with van der Waals surface area (Å²) in [5.74, 6) is -5.22. The molecule has 1 N–H and O–H groups in total. The van der Waals surface area contributed by atoms with Gasteiger partial charge in [-0.2, -0.15) is 0 Å². The van der Waals surface area contributed by atoms with Crippen molar-refractivity contribution in [3.8, 4) is 0 Å². The molecule has 1 amide bonds. The lowest BCUT2D eigenvalue weighted by atomic mass is 10.2. The summed E-state index contributed by atoms with van der Waals surface area (Å²) in [4.78, 5) is 11.7. The highest BCUT2D eigenvalue weighted by atomic mass is 32.2. The van der Waals surface area contributed by atoms with E-state index >= 15 is 0 Å². The van der Waals surface area contributed by atoms with Crippen LogP contribution in [0.3, 0.4) is 0 Å². The minimum atomic E-state index is -3.98. The van der Waals surface area contributed by atoms with Crippen LogP contribution < -0.4 is 9.62 Å². The lowest BCUT2D eigenvalue weighted by Crippen LogP contribution is -2.37. The third kappa shape index (κ3) is 5.12. The lowest BCUT2D eigenvalue weighted by molar-refractivity contribution is -0.121. The van der Waals surface area contributed by atoms with Crippen LogP contribution in [0.5, 0.6) is 0 Å². The number of amides is 1. The number of hydrogen-bond acceptors (Lipinski definition) is 3. The van der Waals surface area contributed by atoms with Crippen LogP contribution in [-0.2, 0) is 14.8 Å². The molecule has 0 aliphatic rings. The van der Waals surface area contributed by atoms with Gasteiger partial charge in [-0.15, -0.1) is 0 Å².